The second-order valence-electron chi connectivity index (χ2n) is 3.43. The van der Waals surface area contributed by atoms with Crippen LogP contribution in [0.15, 0.2) is 0 Å². The van der Waals surface area contributed by atoms with E-state index >= 15 is 0 Å². The van der Waals surface area contributed by atoms with E-state index < -0.39 is 23.7 Å². The monoisotopic (exact) mass is 243 g/mol. The third-order valence-corrected chi connectivity index (χ3v) is 2.27. The zero-order valence-electron chi connectivity index (χ0n) is 8.80. The van der Waals surface area contributed by atoms with Gasteiger partial charge in [-0.05, 0) is 13.3 Å². The SMILES string of the molecule is CCCC(C)OCC(C(N)=S)C(F)(F)F. The molecule has 0 aromatic heterocycles. The van der Waals surface area contributed by atoms with Crippen LogP contribution in [0, 0.1) is 5.92 Å². The molecule has 0 aliphatic heterocycles. The topological polar surface area (TPSA) is 35.2 Å². The molecule has 90 valence electrons. The fraction of sp³-hybridized carbons (Fsp3) is 0.889. The summed E-state index contributed by atoms with van der Waals surface area (Å²) in [5, 5.41) is 0. The molecule has 0 aromatic carbocycles. The highest BCUT2D eigenvalue weighted by molar-refractivity contribution is 7.80. The van der Waals surface area contributed by atoms with Crippen LogP contribution in [0.3, 0.4) is 0 Å². The summed E-state index contributed by atoms with van der Waals surface area (Å²) >= 11 is 4.36. The number of rotatable bonds is 6. The van der Waals surface area contributed by atoms with E-state index in [0.717, 1.165) is 12.8 Å². The van der Waals surface area contributed by atoms with E-state index in [1.54, 1.807) is 6.92 Å². The Morgan fingerprint density at radius 2 is 2.00 bits per heavy atom. The summed E-state index contributed by atoms with van der Waals surface area (Å²) in [5.74, 6) is -1.84. The van der Waals surface area contributed by atoms with Crippen molar-refractivity contribution < 1.29 is 17.9 Å². The molecule has 0 radical (unpaired) electrons. The van der Waals surface area contributed by atoms with Gasteiger partial charge in [0.25, 0.3) is 0 Å². The highest BCUT2D eigenvalue weighted by Crippen LogP contribution is 2.27. The quantitative estimate of drug-likeness (QED) is 0.728. The molecule has 0 rings (SSSR count). The Balaban J connectivity index is 4.15. The van der Waals surface area contributed by atoms with Crippen molar-refractivity contribution in [3.63, 3.8) is 0 Å². The average Bonchev–Trinajstić information content (AvgIpc) is 2.01. The lowest BCUT2D eigenvalue weighted by molar-refractivity contribution is -0.171. The van der Waals surface area contributed by atoms with Gasteiger partial charge >= 0.3 is 6.18 Å². The second-order valence-corrected chi connectivity index (χ2v) is 3.90. The van der Waals surface area contributed by atoms with Crippen LogP contribution in [-0.2, 0) is 4.74 Å². The Hall–Kier alpha value is -0.360. The highest BCUT2D eigenvalue weighted by atomic mass is 32.1. The summed E-state index contributed by atoms with van der Waals surface area (Å²) < 4.78 is 42.1. The van der Waals surface area contributed by atoms with Gasteiger partial charge in [0.05, 0.1) is 17.7 Å². The van der Waals surface area contributed by atoms with E-state index in [2.05, 4.69) is 12.2 Å². The smallest absolute Gasteiger partial charge is 0.393 e. The molecule has 2 unspecified atom stereocenters. The minimum absolute atomic E-state index is 0.200. The summed E-state index contributed by atoms with van der Waals surface area (Å²) in [6, 6.07) is 0. The van der Waals surface area contributed by atoms with E-state index in [9.17, 15) is 13.2 Å². The molecule has 2 N–H and O–H groups in total. The molecule has 6 heteroatoms. The number of thiocarbonyl (C=S) groups is 1. The third-order valence-electron chi connectivity index (χ3n) is 1.98. The van der Waals surface area contributed by atoms with Crippen LogP contribution in [0.1, 0.15) is 26.7 Å². The van der Waals surface area contributed by atoms with Gasteiger partial charge in [0, 0.05) is 0 Å². The summed E-state index contributed by atoms with van der Waals surface area (Å²) in [7, 11) is 0. The lowest BCUT2D eigenvalue weighted by Crippen LogP contribution is -2.38. The largest absolute Gasteiger partial charge is 0.400 e. The van der Waals surface area contributed by atoms with Crippen molar-refractivity contribution in [2.75, 3.05) is 6.61 Å². The lowest BCUT2D eigenvalue weighted by Gasteiger charge is -2.21. The van der Waals surface area contributed by atoms with Crippen molar-refractivity contribution in [1.82, 2.24) is 0 Å². The molecule has 0 aromatic rings. The molecule has 2 atom stereocenters. The highest BCUT2D eigenvalue weighted by Gasteiger charge is 2.42. The van der Waals surface area contributed by atoms with Crippen LogP contribution in [0.4, 0.5) is 13.2 Å². The van der Waals surface area contributed by atoms with E-state index in [4.69, 9.17) is 10.5 Å². The number of halogens is 3. The van der Waals surface area contributed by atoms with Gasteiger partial charge in [-0.2, -0.15) is 13.2 Å². The molecule has 0 aliphatic carbocycles. The van der Waals surface area contributed by atoms with Gasteiger partial charge in [-0.1, -0.05) is 25.6 Å². The summed E-state index contributed by atoms with van der Waals surface area (Å²) in [4.78, 5) is -0.564. The Morgan fingerprint density at radius 1 is 1.47 bits per heavy atom. The Labute approximate surface area is 93.0 Å². The summed E-state index contributed by atoms with van der Waals surface area (Å²) in [6.07, 6.45) is -3.03. The normalized spacial score (nSPS) is 16.1. The van der Waals surface area contributed by atoms with Crippen LogP contribution in [0.5, 0.6) is 0 Å². The molecular formula is C9H16F3NOS. The minimum Gasteiger partial charge on any atom is -0.393 e. The summed E-state index contributed by atoms with van der Waals surface area (Å²) in [6.45, 7) is 3.19. The number of ether oxygens (including phenoxy) is 1. The number of hydrogen-bond acceptors (Lipinski definition) is 2. The van der Waals surface area contributed by atoms with Gasteiger partial charge in [0.15, 0.2) is 0 Å². The first-order valence-corrected chi connectivity index (χ1v) is 5.17. The maximum absolute atomic E-state index is 12.4. The molecule has 0 aliphatic rings. The van der Waals surface area contributed by atoms with E-state index in [1.165, 1.54) is 0 Å². The van der Waals surface area contributed by atoms with Crippen molar-refractivity contribution in [3.8, 4) is 0 Å². The van der Waals surface area contributed by atoms with Gasteiger partial charge in [0.1, 0.15) is 5.92 Å². The first-order chi connectivity index (χ1) is 6.79. The Morgan fingerprint density at radius 3 is 2.33 bits per heavy atom. The van der Waals surface area contributed by atoms with Crippen LogP contribution in [0.2, 0.25) is 0 Å². The molecule has 0 spiro atoms. The first-order valence-electron chi connectivity index (χ1n) is 4.76. The van der Waals surface area contributed by atoms with Crippen LogP contribution < -0.4 is 5.73 Å². The van der Waals surface area contributed by atoms with Gasteiger partial charge in [-0.25, -0.2) is 0 Å². The average molecular weight is 243 g/mol. The Bertz CT molecular complexity index is 208. The van der Waals surface area contributed by atoms with Crippen LogP contribution >= 0.6 is 12.2 Å². The van der Waals surface area contributed by atoms with Crippen molar-refractivity contribution in [2.45, 2.75) is 39.0 Å². The molecule has 0 amide bonds. The van der Waals surface area contributed by atoms with Gasteiger partial charge < -0.3 is 10.5 Å². The first kappa shape index (κ1) is 14.6. The van der Waals surface area contributed by atoms with Crippen molar-refractivity contribution >= 4 is 17.2 Å². The van der Waals surface area contributed by atoms with E-state index in [0.29, 0.717) is 0 Å². The third kappa shape index (κ3) is 5.94. The molecule has 0 fully saturated rings. The molecule has 0 saturated carbocycles. The second kappa shape index (κ2) is 6.27. The molecule has 0 heterocycles. The zero-order valence-corrected chi connectivity index (χ0v) is 9.62. The molecule has 0 saturated heterocycles. The zero-order chi connectivity index (χ0) is 12.1. The maximum Gasteiger partial charge on any atom is 0.400 e. The predicted molar refractivity (Wildman–Crippen MR) is 56.7 cm³/mol. The van der Waals surface area contributed by atoms with E-state index in [1.807, 2.05) is 6.92 Å². The standard InChI is InChI=1S/C9H16F3NOS/c1-3-4-6(2)14-5-7(8(13)15)9(10,11)12/h6-7H,3-5H2,1-2H3,(H2,13,15). The molecular weight excluding hydrogens is 227 g/mol. The predicted octanol–water partition coefficient (Wildman–Crippen LogP) is 2.66. The van der Waals surface area contributed by atoms with E-state index in [-0.39, 0.29) is 6.10 Å². The maximum atomic E-state index is 12.4. The van der Waals surface area contributed by atoms with Crippen molar-refractivity contribution in [1.29, 1.82) is 0 Å². The fourth-order valence-corrected chi connectivity index (χ4v) is 1.29. The fourth-order valence-electron chi connectivity index (χ4n) is 1.09. The lowest BCUT2D eigenvalue weighted by atomic mass is 10.1. The number of alkyl halides is 3. The van der Waals surface area contributed by atoms with Crippen molar-refractivity contribution in [3.05, 3.63) is 0 Å². The summed E-state index contributed by atoms with van der Waals surface area (Å²) in [5.41, 5.74) is 5.01. The number of hydrogen-bond donors (Lipinski definition) is 1. The number of nitrogens with two attached hydrogens (primary N) is 1. The molecule has 0 bridgehead atoms. The van der Waals surface area contributed by atoms with Gasteiger partial charge in [-0.3, -0.25) is 0 Å². The van der Waals surface area contributed by atoms with Crippen LogP contribution in [-0.4, -0.2) is 23.9 Å². The van der Waals surface area contributed by atoms with Gasteiger partial charge in [0.2, 0.25) is 0 Å². The Kier molecular flexibility index (Phi) is 6.12. The van der Waals surface area contributed by atoms with Crippen LogP contribution in [0.25, 0.3) is 0 Å². The van der Waals surface area contributed by atoms with Gasteiger partial charge in [-0.15, -0.1) is 0 Å². The minimum atomic E-state index is -4.42. The van der Waals surface area contributed by atoms with Crippen molar-refractivity contribution in [2.24, 2.45) is 11.7 Å². The molecule has 15 heavy (non-hydrogen) atoms. The molecule has 2 nitrogen and oxygen atoms in total.